The molecule has 0 aliphatic heterocycles. The Bertz CT molecular complexity index is 511. The van der Waals surface area contributed by atoms with Gasteiger partial charge < -0.3 is 5.11 Å². The van der Waals surface area contributed by atoms with E-state index >= 15 is 0 Å². The van der Waals surface area contributed by atoms with Crippen LogP contribution in [-0.4, -0.2) is 5.11 Å². The van der Waals surface area contributed by atoms with Gasteiger partial charge in [0.05, 0.1) is 6.10 Å². The van der Waals surface area contributed by atoms with Crippen LogP contribution in [0.4, 0.5) is 0 Å². The van der Waals surface area contributed by atoms with Crippen molar-refractivity contribution in [3.8, 4) is 0 Å². The molecule has 0 saturated heterocycles. The second-order valence-corrected chi connectivity index (χ2v) is 5.80. The number of aliphatic hydroxyl groups excluding tert-OH is 1. The molecule has 0 saturated carbocycles. The first-order valence-electron chi connectivity index (χ1n) is 5.37. The van der Waals surface area contributed by atoms with Gasteiger partial charge in [-0.25, -0.2) is 0 Å². The fraction of sp³-hybridized carbons (Fsp3) is 0.143. The molecule has 0 spiro atoms. The predicted molar refractivity (Wildman–Crippen MR) is 75.3 cm³/mol. The van der Waals surface area contributed by atoms with Crippen LogP contribution in [0.25, 0.3) is 0 Å². The number of aliphatic hydroxyl groups is 1. The number of hydrogen-bond donors (Lipinski definition) is 1. The Balaban J connectivity index is 2.30. The summed E-state index contributed by atoms with van der Waals surface area (Å²) in [5.74, 6) is 0. The van der Waals surface area contributed by atoms with Crippen molar-refractivity contribution in [2.24, 2.45) is 0 Å². The van der Waals surface area contributed by atoms with E-state index in [0.29, 0.717) is 0 Å². The molecule has 88 valence electrons. The molecule has 17 heavy (non-hydrogen) atoms. The molecule has 2 rings (SSSR count). The Labute approximate surface area is 114 Å². The standard InChI is InChI=1S/C14H13BrOS/c1-10(16)13-7-2-3-8-14(13)17-12-6-4-5-11(15)9-12/h2-10,16H,1H3/t10-/m1/s1. The molecule has 0 aliphatic rings. The molecule has 1 N–H and O–H groups in total. The van der Waals surface area contributed by atoms with Gasteiger partial charge in [0, 0.05) is 14.3 Å². The SMILES string of the molecule is C[C@@H](O)c1ccccc1Sc1cccc(Br)c1. The van der Waals surface area contributed by atoms with Crippen LogP contribution >= 0.6 is 27.7 Å². The first-order valence-corrected chi connectivity index (χ1v) is 6.98. The molecule has 0 bridgehead atoms. The predicted octanol–water partition coefficient (Wildman–Crippen LogP) is 4.65. The highest BCUT2D eigenvalue weighted by atomic mass is 79.9. The third kappa shape index (κ3) is 3.35. The molecule has 0 radical (unpaired) electrons. The van der Waals surface area contributed by atoms with Crippen LogP contribution in [0.15, 0.2) is 62.8 Å². The van der Waals surface area contributed by atoms with Gasteiger partial charge in [0.2, 0.25) is 0 Å². The fourth-order valence-electron chi connectivity index (χ4n) is 1.58. The van der Waals surface area contributed by atoms with Crippen molar-refractivity contribution in [1.29, 1.82) is 0 Å². The maximum Gasteiger partial charge on any atom is 0.0772 e. The average Bonchev–Trinajstić information content (AvgIpc) is 2.29. The lowest BCUT2D eigenvalue weighted by molar-refractivity contribution is 0.196. The Hall–Kier alpha value is -0.770. The highest BCUT2D eigenvalue weighted by molar-refractivity contribution is 9.10. The van der Waals surface area contributed by atoms with Crippen molar-refractivity contribution in [3.05, 3.63) is 58.6 Å². The second kappa shape index (κ2) is 5.71. The zero-order chi connectivity index (χ0) is 12.3. The normalized spacial score (nSPS) is 12.4. The van der Waals surface area contributed by atoms with Crippen molar-refractivity contribution in [2.75, 3.05) is 0 Å². The quantitative estimate of drug-likeness (QED) is 0.890. The summed E-state index contributed by atoms with van der Waals surface area (Å²) in [6.45, 7) is 1.79. The summed E-state index contributed by atoms with van der Waals surface area (Å²) in [6.07, 6.45) is -0.439. The Morgan fingerprint density at radius 2 is 1.88 bits per heavy atom. The molecule has 0 unspecified atom stereocenters. The summed E-state index contributed by atoms with van der Waals surface area (Å²) in [4.78, 5) is 2.26. The van der Waals surface area contributed by atoms with E-state index in [1.807, 2.05) is 36.4 Å². The third-order valence-corrected chi connectivity index (χ3v) is 3.97. The van der Waals surface area contributed by atoms with Crippen LogP contribution in [0, 0.1) is 0 Å². The topological polar surface area (TPSA) is 20.2 Å². The molecule has 0 heterocycles. The van der Waals surface area contributed by atoms with Crippen LogP contribution < -0.4 is 0 Å². The number of rotatable bonds is 3. The summed E-state index contributed by atoms with van der Waals surface area (Å²) in [5, 5.41) is 9.71. The first-order chi connectivity index (χ1) is 8.16. The van der Waals surface area contributed by atoms with Gasteiger partial charge in [0.1, 0.15) is 0 Å². The highest BCUT2D eigenvalue weighted by Crippen LogP contribution is 2.34. The highest BCUT2D eigenvalue weighted by Gasteiger charge is 2.08. The van der Waals surface area contributed by atoms with E-state index in [-0.39, 0.29) is 0 Å². The number of hydrogen-bond acceptors (Lipinski definition) is 2. The van der Waals surface area contributed by atoms with E-state index in [4.69, 9.17) is 0 Å². The molecule has 0 fully saturated rings. The molecule has 1 atom stereocenters. The minimum absolute atomic E-state index is 0.439. The van der Waals surface area contributed by atoms with E-state index in [1.54, 1.807) is 18.7 Å². The van der Waals surface area contributed by atoms with Crippen molar-refractivity contribution in [1.82, 2.24) is 0 Å². The molecular weight excluding hydrogens is 296 g/mol. The van der Waals surface area contributed by atoms with Crippen LogP contribution in [-0.2, 0) is 0 Å². The molecule has 1 nitrogen and oxygen atoms in total. The summed E-state index contributed by atoms with van der Waals surface area (Å²) in [6, 6.07) is 16.1. The van der Waals surface area contributed by atoms with Gasteiger partial charge in [-0.15, -0.1) is 0 Å². The van der Waals surface area contributed by atoms with Crippen LogP contribution in [0.5, 0.6) is 0 Å². The van der Waals surface area contributed by atoms with Gasteiger partial charge >= 0.3 is 0 Å². The van der Waals surface area contributed by atoms with Gasteiger partial charge in [-0.1, -0.05) is 52.0 Å². The molecule has 0 aromatic heterocycles. The molecule has 2 aromatic rings. The summed E-state index contributed by atoms with van der Waals surface area (Å²) >= 11 is 5.13. The van der Waals surface area contributed by atoms with Gasteiger partial charge in [0.25, 0.3) is 0 Å². The van der Waals surface area contributed by atoms with E-state index in [0.717, 1.165) is 19.8 Å². The lowest BCUT2D eigenvalue weighted by Crippen LogP contribution is -1.93. The van der Waals surface area contributed by atoms with Crippen LogP contribution in [0.2, 0.25) is 0 Å². The van der Waals surface area contributed by atoms with Crippen molar-refractivity contribution in [3.63, 3.8) is 0 Å². The lowest BCUT2D eigenvalue weighted by Gasteiger charge is -2.11. The Kier molecular flexibility index (Phi) is 4.26. The maximum atomic E-state index is 9.71. The summed E-state index contributed by atoms with van der Waals surface area (Å²) in [5.41, 5.74) is 0.970. The largest absolute Gasteiger partial charge is 0.389 e. The Morgan fingerprint density at radius 1 is 1.12 bits per heavy atom. The van der Waals surface area contributed by atoms with Crippen molar-refractivity contribution < 1.29 is 5.11 Å². The smallest absolute Gasteiger partial charge is 0.0772 e. The first kappa shape index (κ1) is 12.7. The minimum atomic E-state index is -0.439. The van der Waals surface area contributed by atoms with E-state index in [2.05, 4.69) is 28.1 Å². The van der Waals surface area contributed by atoms with Gasteiger partial charge in [-0.05, 0) is 36.8 Å². The molecule has 0 amide bonds. The monoisotopic (exact) mass is 308 g/mol. The number of halogens is 1. The van der Waals surface area contributed by atoms with Crippen molar-refractivity contribution >= 4 is 27.7 Å². The van der Waals surface area contributed by atoms with E-state index < -0.39 is 6.10 Å². The minimum Gasteiger partial charge on any atom is -0.389 e. The van der Waals surface area contributed by atoms with E-state index in [1.165, 1.54) is 0 Å². The van der Waals surface area contributed by atoms with E-state index in [9.17, 15) is 5.11 Å². The second-order valence-electron chi connectivity index (χ2n) is 3.77. The zero-order valence-electron chi connectivity index (χ0n) is 9.43. The lowest BCUT2D eigenvalue weighted by atomic mass is 10.1. The molecular formula is C14H13BrOS. The third-order valence-electron chi connectivity index (χ3n) is 2.39. The molecule has 3 heteroatoms. The van der Waals surface area contributed by atoms with Gasteiger partial charge in [-0.2, -0.15) is 0 Å². The summed E-state index contributed by atoms with van der Waals surface area (Å²) in [7, 11) is 0. The fourth-order valence-corrected chi connectivity index (χ4v) is 3.22. The molecule has 2 aromatic carbocycles. The maximum absolute atomic E-state index is 9.71. The van der Waals surface area contributed by atoms with Gasteiger partial charge in [-0.3, -0.25) is 0 Å². The van der Waals surface area contributed by atoms with Crippen LogP contribution in [0.1, 0.15) is 18.6 Å². The summed E-state index contributed by atoms with van der Waals surface area (Å²) < 4.78 is 1.07. The average molecular weight is 309 g/mol. The number of benzene rings is 2. The Morgan fingerprint density at radius 3 is 2.59 bits per heavy atom. The molecule has 0 aliphatic carbocycles. The van der Waals surface area contributed by atoms with Gasteiger partial charge in [0.15, 0.2) is 0 Å². The van der Waals surface area contributed by atoms with Crippen molar-refractivity contribution in [2.45, 2.75) is 22.8 Å². The zero-order valence-corrected chi connectivity index (χ0v) is 11.8. The van der Waals surface area contributed by atoms with Crippen LogP contribution in [0.3, 0.4) is 0 Å².